The van der Waals surface area contributed by atoms with Crippen molar-refractivity contribution in [1.29, 1.82) is 0 Å². The molecule has 1 rings (SSSR count). The van der Waals surface area contributed by atoms with Crippen LogP contribution in [0.1, 0.15) is 32.3 Å². The quantitative estimate of drug-likeness (QED) is 0.806. The summed E-state index contributed by atoms with van der Waals surface area (Å²) in [4.78, 5) is 12.7. The molecule has 0 spiro atoms. The summed E-state index contributed by atoms with van der Waals surface area (Å²) < 4.78 is 0. The van der Waals surface area contributed by atoms with Crippen LogP contribution in [0.2, 0.25) is 0 Å². The second-order valence-electron chi connectivity index (χ2n) is 5.00. The smallest absolute Gasteiger partial charge is 0.303 e. The molecule has 1 N–H and O–H groups in total. The SMILES string of the molecule is CCCc1ccc(N(C)CC(C)CC(=O)O)cc1. The first-order valence-corrected chi connectivity index (χ1v) is 6.54. The van der Waals surface area contributed by atoms with Crippen LogP contribution in [0, 0.1) is 5.92 Å². The third-order valence-electron chi connectivity index (χ3n) is 3.02. The maximum Gasteiger partial charge on any atom is 0.303 e. The molecule has 1 atom stereocenters. The first kappa shape index (κ1) is 14.6. The maximum absolute atomic E-state index is 10.6. The van der Waals surface area contributed by atoms with E-state index in [0.29, 0.717) is 0 Å². The van der Waals surface area contributed by atoms with Crippen molar-refractivity contribution in [2.24, 2.45) is 5.92 Å². The topological polar surface area (TPSA) is 40.5 Å². The van der Waals surface area contributed by atoms with Crippen LogP contribution in [0.5, 0.6) is 0 Å². The molecular formula is C15H23NO2. The fraction of sp³-hybridized carbons (Fsp3) is 0.533. The molecule has 0 aliphatic rings. The van der Waals surface area contributed by atoms with E-state index in [1.807, 2.05) is 14.0 Å². The first-order valence-electron chi connectivity index (χ1n) is 6.54. The summed E-state index contributed by atoms with van der Waals surface area (Å²) in [6, 6.07) is 8.52. The van der Waals surface area contributed by atoms with Gasteiger partial charge in [0.15, 0.2) is 0 Å². The Hall–Kier alpha value is -1.51. The van der Waals surface area contributed by atoms with Gasteiger partial charge in [-0.15, -0.1) is 0 Å². The van der Waals surface area contributed by atoms with Crippen molar-refractivity contribution >= 4 is 11.7 Å². The highest BCUT2D eigenvalue weighted by Gasteiger charge is 2.10. The van der Waals surface area contributed by atoms with Gasteiger partial charge in [-0.3, -0.25) is 4.79 Å². The fourth-order valence-electron chi connectivity index (χ4n) is 2.14. The van der Waals surface area contributed by atoms with E-state index in [1.54, 1.807) is 0 Å². The molecule has 18 heavy (non-hydrogen) atoms. The monoisotopic (exact) mass is 249 g/mol. The largest absolute Gasteiger partial charge is 0.481 e. The van der Waals surface area contributed by atoms with Crippen LogP contribution in [-0.2, 0) is 11.2 Å². The summed E-state index contributed by atoms with van der Waals surface area (Å²) in [6.07, 6.45) is 2.49. The molecule has 100 valence electrons. The molecule has 0 bridgehead atoms. The molecule has 0 heterocycles. The highest BCUT2D eigenvalue weighted by molar-refractivity contribution is 5.67. The predicted octanol–water partition coefficient (Wildman–Crippen LogP) is 3.19. The van der Waals surface area contributed by atoms with E-state index in [1.165, 1.54) is 5.56 Å². The maximum atomic E-state index is 10.6. The summed E-state index contributed by atoms with van der Waals surface area (Å²) in [7, 11) is 2.01. The van der Waals surface area contributed by atoms with Gasteiger partial charge in [0.05, 0.1) is 0 Å². The van der Waals surface area contributed by atoms with Gasteiger partial charge in [-0.05, 0) is 30.0 Å². The van der Waals surface area contributed by atoms with Gasteiger partial charge < -0.3 is 10.0 Å². The Labute approximate surface area is 109 Å². The van der Waals surface area contributed by atoms with Crippen molar-refractivity contribution in [2.75, 3.05) is 18.5 Å². The minimum Gasteiger partial charge on any atom is -0.481 e. The van der Waals surface area contributed by atoms with Crippen molar-refractivity contribution in [2.45, 2.75) is 33.1 Å². The molecule has 0 saturated heterocycles. The van der Waals surface area contributed by atoms with Gasteiger partial charge in [0, 0.05) is 25.7 Å². The number of rotatable bonds is 7. The van der Waals surface area contributed by atoms with Gasteiger partial charge >= 0.3 is 5.97 Å². The van der Waals surface area contributed by atoms with Crippen LogP contribution < -0.4 is 4.90 Å². The first-order chi connectivity index (χ1) is 8.52. The highest BCUT2D eigenvalue weighted by atomic mass is 16.4. The minimum absolute atomic E-state index is 0.155. The van der Waals surface area contributed by atoms with Gasteiger partial charge in [-0.25, -0.2) is 0 Å². The Kier molecular flexibility index (Phi) is 5.69. The van der Waals surface area contributed by atoms with E-state index < -0.39 is 5.97 Å². The van der Waals surface area contributed by atoms with Crippen molar-refractivity contribution in [1.82, 2.24) is 0 Å². The number of anilines is 1. The summed E-state index contributed by atoms with van der Waals surface area (Å²) in [5.41, 5.74) is 2.50. The Bertz CT molecular complexity index is 373. The second-order valence-corrected chi connectivity index (χ2v) is 5.00. The van der Waals surface area contributed by atoms with E-state index in [0.717, 1.165) is 25.1 Å². The van der Waals surface area contributed by atoms with Gasteiger partial charge in [0.25, 0.3) is 0 Å². The fourth-order valence-corrected chi connectivity index (χ4v) is 2.14. The minimum atomic E-state index is -0.728. The molecule has 1 unspecified atom stereocenters. The number of carboxylic acids is 1. The van der Waals surface area contributed by atoms with Crippen molar-refractivity contribution in [3.8, 4) is 0 Å². The number of aryl methyl sites for hydroxylation is 1. The second kappa shape index (κ2) is 7.04. The number of nitrogens with zero attached hydrogens (tertiary/aromatic N) is 1. The van der Waals surface area contributed by atoms with Crippen molar-refractivity contribution < 1.29 is 9.90 Å². The lowest BCUT2D eigenvalue weighted by Crippen LogP contribution is -2.25. The molecule has 1 aromatic rings. The van der Waals surface area contributed by atoms with Crippen LogP contribution in [-0.4, -0.2) is 24.7 Å². The molecule has 0 saturated carbocycles. The summed E-state index contributed by atoms with van der Waals surface area (Å²) in [6.45, 7) is 4.91. The van der Waals surface area contributed by atoms with Gasteiger partial charge in [0.1, 0.15) is 0 Å². The lowest BCUT2D eigenvalue weighted by atomic mass is 10.1. The van der Waals surface area contributed by atoms with Crippen molar-refractivity contribution in [3.05, 3.63) is 29.8 Å². The van der Waals surface area contributed by atoms with Gasteiger partial charge in [-0.1, -0.05) is 32.4 Å². The molecule has 0 aliphatic heterocycles. The molecule has 3 heteroatoms. The number of aliphatic carboxylic acids is 1. The molecule has 0 amide bonds. The Morgan fingerprint density at radius 1 is 1.33 bits per heavy atom. The Balaban J connectivity index is 2.55. The average molecular weight is 249 g/mol. The van der Waals surface area contributed by atoms with E-state index in [2.05, 4.69) is 36.1 Å². The summed E-state index contributed by atoms with van der Waals surface area (Å²) in [5, 5.41) is 8.74. The number of carbonyl (C=O) groups is 1. The average Bonchev–Trinajstić information content (AvgIpc) is 2.29. The van der Waals surface area contributed by atoms with Crippen LogP contribution >= 0.6 is 0 Å². The zero-order valence-electron chi connectivity index (χ0n) is 11.5. The summed E-state index contributed by atoms with van der Waals surface area (Å²) >= 11 is 0. The van der Waals surface area contributed by atoms with Crippen LogP contribution in [0.15, 0.2) is 24.3 Å². The molecule has 0 aromatic heterocycles. The lowest BCUT2D eigenvalue weighted by Gasteiger charge is -2.23. The Morgan fingerprint density at radius 3 is 2.44 bits per heavy atom. The zero-order chi connectivity index (χ0) is 13.5. The molecule has 0 fully saturated rings. The van der Waals surface area contributed by atoms with Crippen LogP contribution in [0.25, 0.3) is 0 Å². The third-order valence-corrected chi connectivity index (χ3v) is 3.02. The predicted molar refractivity (Wildman–Crippen MR) is 75.1 cm³/mol. The molecule has 3 nitrogen and oxygen atoms in total. The number of benzene rings is 1. The molecule has 1 aromatic carbocycles. The highest BCUT2D eigenvalue weighted by Crippen LogP contribution is 2.17. The summed E-state index contributed by atoms with van der Waals surface area (Å²) in [5.74, 6) is -0.572. The van der Waals surface area contributed by atoms with E-state index in [4.69, 9.17) is 5.11 Å². The van der Waals surface area contributed by atoms with E-state index in [9.17, 15) is 4.79 Å². The molecular weight excluding hydrogens is 226 g/mol. The van der Waals surface area contributed by atoms with E-state index >= 15 is 0 Å². The Morgan fingerprint density at radius 2 is 1.94 bits per heavy atom. The van der Waals surface area contributed by atoms with Crippen LogP contribution in [0.4, 0.5) is 5.69 Å². The van der Waals surface area contributed by atoms with Crippen LogP contribution in [0.3, 0.4) is 0 Å². The normalized spacial score (nSPS) is 12.2. The molecule has 0 aliphatic carbocycles. The van der Waals surface area contributed by atoms with Crippen molar-refractivity contribution in [3.63, 3.8) is 0 Å². The zero-order valence-corrected chi connectivity index (χ0v) is 11.5. The number of carboxylic acid groups (broad SMARTS) is 1. The third kappa shape index (κ3) is 4.78. The number of hydrogen-bond acceptors (Lipinski definition) is 2. The number of hydrogen-bond donors (Lipinski definition) is 1. The van der Waals surface area contributed by atoms with E-state index in [-0.39, 0.29) is 12.3 Å². The standard InChI is InChI=1S/C15H23NO2/c1-4-5-13-6-8-14(9-7-13)16(3)11-12(2)10-15(17)18/h6-9,12H,4-5,10-11H2,1-3H3,(H,17,18). The van der Waals surface area contributed by atoms with Gasteiger partial charge in [0.2, 0.25) is 0 Å². The lowest BCUT2D eigenvalue weighted by molar-refractivity contribution is -0.137. The molecule has 0 radical (unpaired) electrons. The van der Waals surface area contributed by atoms with Gasteiger partial charge in [-0.2, -0.15) is 0 Å².